The fourth-order valence-electron chi connectivity index (χ4n) is 3.28. The third-order valence-corrected chi connectivity index (χ3v) is 4.14. The fraction of sp³-hybridized carbons (Fsp3) is 0.750. The largest absolute Gasteiger partial charge is 0.444 e. The predicted molar refractivity (Wildman–Crippen MR) is 82.4 cm³/mol. The minimum atomic E-state index is -0.449. The second-order valence-electron chi connectivity index (χ2n) is 7.02. The van der Waals surface area contributed by atoms with Crippen LogP contribution >= 0.6 is 0 Å². The molecule has 2 rings (SSSR count). The van der Waals surface area contributed by atoms with Gasteiger partial charge in [0.2, 0.25) is 0 Å². The second kappa shape index (κ2) is 5.70. The molecule has 2 atom stereocenters. The van der Waals surface area contributed by atoms with Crippen LogP contribution in [-0.2, 0) is 4.74 Å². The highest BCUT2D eigenvalue weighted by atomic mass is 16.6. The SMILES string of the molecule is Cc1n[nH]c(C)c1C(C)[C@H]1CCCN1C(=O)OC(C)(C)C. The average Bonchev–Trinajstić information content (AvgIpc) is 2.94. The third kappa shape index (κ3) is 3.39. The number of H-pyrrole nitrogens is 1. The van der Waals surface area contributed by atoms with Crippen molar-refractivity contribution in [1.29, 1.82) is 0 Å². The highest BCUT2D eigenvalue weighted by molar-refractivity contribution is 5.69. The van der Waals surface area contributed by atoms with Crippen LogP contribution < -0.4 is 0 Å². The Balaban J connectivity index is 2.17. The maximum absolute atomic E-state index is 12.4. The summed E-state index contributed by atoms with van der Waals surface area (Å²) in [6, 6.07) is 0.190. The molecule has 5 nitrogen and oxygen atoms in total. The third-order valence-electron chi connectivity index (χ3n) is 4.14. The number of aromatic amines is 1. The lowest BCUT2D eigenvalue weighted by Crippen LogP contribution is -2.42. The van der Waals surface area contributed by atoms with Crippen molar-refractivity contribution in [1.82, 2.24) is 15.1 Å². The zero-order chi connectivity index (χ0) is 15.8. The molecule has 0 aliphatic carbocycles. The van der Waals surface area contributed by atoms with E-state index in [1.165, 1.54) is 5.56 Å². The van der Waals surface area contributed by atoms with Crippen molar-refractivity contribution in [3.8, 4) is 0 Å². The first-order valence-electron chi connectivity index (χ1n) is 7.72. The van der Waals surface area contributed by atoms with Gasteiger partial charge in [-0.15, -0.1) is 0 Å². The van der Waals surface area contributed by atoms with Gasteiger partial charge in [0.05, 0.1) is 5.69 Å². The first-order chi connectivity index (χ1) is 9.70. The number of nitrogens with zero attached hydrogens (tertiary/aromatic N) is 2. The van der Waals surface area contributed by atoms with E-state index in [9.17, 15) is 4.79 Å². The van der Waals surface area contributed by atoms with Crippen LogP contribution in [-0.4, -0.2) is 39.4 Å². The molecular formula is C16H27N3O2. The van der Waals surface area contributed by atoms with Crippen LogP contribution in [0.3, 0.4) is 0 Å². The lowest BCUT2D eigenvalue weighted by atomic mass is 9.90. The van der Waals surface area contributed by atoms with Crippen LogP contribution in [0.2, 0.25) is 0 Å². The van der Waals surface area contributed by atoms with Gasteiger partial charge in [-0.05, 0) is 47.5 Å². The lowest BCUT2D eigenvalue weighted by Gasteiger charge is -2.32. The highest BCUT2D eigenvalue weighted by Crippen LogP contribution is 2.34. The van der Waals surface area contributed by atoms with Gasteiger partial charge in [-0.25, -0.2) is 4.79 Å². The van der Waals surface area contributed by atoms with Crippen molar-refractivity contribution in [3.63, 3.8) is 0 Å². The minimum absolute atomic E-state index is 0.190. The summed E-state index contributed by atoms with van der Waals surface area (Å²) in [5.74, 6) is 0.263. The molecule has 0 saturated carbocycles. The van der Waals surface area contributed by atoms with Gasteiger partial charge >= 0.3 is 6.09 Å². The molecule has 1 saturated heterocycles. The van der Waals surface area contributed by atoms with Crippen LogP contribution in [0.5, 0.6) is 0 Å². The van der Waals surface area contributed by atoms with Gasteiger partial charge in [-0.3, -0.25) is 5.10 Å². The number of nitrogens with one attached hydrogen (secondary N) is 1. The Kier molecular flexibility index (Phi) is 4.30. The van der Waals surface area contributed by atoms with E-state index in [-0.39, 0.29) is 18.1 Å². The summed E-state index contributed by atoms with van der Waals surface area (Å²) >= 11 is 0. The number of carbonyl (C=O) groups is 1. The number of ether oxygens (including phenoxy) is 1. The number of hydrogen-bond donors (Lipinski definition) is 1. The lowest BCUT2D eigenvalue weighted by molar-refractivity contribution is 0.0209. The first-order valence-corrected chi connectivity index (χ1v) is 7.72. The molecule has 118 valence electrons. The van der Waals surface area contributed by atoms with Crippen molar-refractivity contribution in [2.24, 2.45) is 0 Å². The molecular weight excluding hydrogens is 266 g/mol. The van der Waals surface area contributed by atoms with Crippen molar-refractivity contribution < 1.29 is 9.53 Å². The van der Waals surface area contributed by atoms with Gasteiger partial charge < -0.3 is 9.64 Å². The zero-order valence-electron chi connectivity index (χ0n) is 14.0. The average molecular weight is 293 g/mol. The Labute approximate surface area is 127 Å². The van der Waals surface area contributed by atoms with E-state index >= 15 is 0 Å². The maximum atomic E-state index is 12.4. The molecule has 1 amide bonds. The van der Waals surface area contributed by atoms with E-state index in [1.807, 2.05) is 39.5 Å². The highest BCUT2D eigenvalue weighted by Gasteiger charge is 2.37. The van der Waals surface area contributed by atoms with E-state index in [0.717, 1.165) is 30.8 Å². The standard InChI is InChI=1S/C16H27N3O2/c1-10(14-11(2)17-18-12(14)3)13-8-7-9-19(13)15(20)21-16(4,5)6/h10,13H,7-9H2,1-6H3,(H,17,18)/t10?,13-/m1/s1. The molecule has 0 bridgehead atoms. The molecule has 21 heavy (non-hydrogen) atoms. The molecule has 5 heteroatoms. The molecule has 1 fully saturated rings. The molecule has 0 radical (unpaired) electrons. The summed E-state index contributed by atoms with van der Waals surface area (Å²) in [5.41, 5.74) is 2.90. The smallest absolute Gasteiger partial charge is 0.410 e. The van der Waals surface area contributed by atoms with Crippen LogP contribution in [0.25, 0.3) is 0 Å². The van der Waals surface area contributed by atoms with Crippen LogP contribution in [0.15, 0.2) is 0 Å². The molecule has 1 aromatic rings. The predicted octanol–water partition coefficient (Wildman–Crippen LogP) is 3.53. The van der Waals surface area contributed by atoms with Crippen LogP contribution in [0.1, 0.15) is 63.4 Å². The molecule has 1 N–H and O–H groups in total. The summed E-state index contributed by atoms with van der Waals surface area (Å²) in [7, 11) is 0. The normalized spacial score (nSPS) is 20.7. The summed E-state index contributed by atoms with van der Waals surface area (Å²) in [5, 5.41) is 7.32. The first kappa shape index (κ1) is 15.9. The molecule has 1 aliphatic heterocycles. The Bertz CT molecular complexity index is 497. The summed E-state index contributed by atoms with van der Waals surface area (Å²) in [6.45, 7) is 12.7. The molecule has 1 aromatic heterocycles. The van der Waals surface area contributed by atoms with Gasteiger partial charge in [-0.1, -0.05) is 6.92 Å². The minimum Gasteiger partial charge on any atom is -0.444 e. The summed E-state index contributed by atoms with van der Waals surface area (Å²) in [6.07, 6.45) is 1.85. The van der Waals surface area contributed by atoms with Gasteiger partial charge in [0.1, 0.15) is 5.60 Å². The van der Waals surface area contributed by atoms with Crippen molar-refractivity contribution in [2.75, 3.05) is 6.54 Å². The van der Waals surface area contributed by atoms with Crippen molar-refractivity contribution in [2.45, 2.75) is 71.9 Å². The van der Waals surface area contributed by atoms with E-state index in [0.29, 0.717) is 0 Å². The Morgan fingerprint density at radius 1 is 1.43 bits per heavy atom. The molecule has 0 spiro atoms. The van der Waals surface area contributed by atoms with E-state index < -0.39 is 5.60 Å². The number of amides is 1. The van der Waals surface area contributed by atoms with Gasteiger partial charge in [-0.2, -0.15) is 5.10 Å². The number of likely N-dealkylation sites (tertiary alicyclic amines) is 1. The van der Waals surface area contributed by atoms with Gasteiger partial charge in [0, 0.05) is 29.8 Å². The van der Waals surface area contributed by atoms with Crippen molar-refractivity contribution in [3.05, 3.63) is 17.0 Å². The van der Waals surface area contributed by atoms with E-state index in [2.05, 4.69) is 17.1 Å². The second-order valence-corrected chi connectivity index (χ2v) is 7.02. The zero-order valence-corrected chi connectivity index (χ0v) is 14.0. The quantitative estimate of drug-likeness (QED) is 0.907. The van der Waals surface area contributed by atoms with Gasteiger partial charge in [0.15, 0.2) is 0 Å². The summed E-state index contributed by atoms with van der Waals surface area (Å²) < 4.78 is 5.54. The number of aromatic nitrogens is 2. The topological polar surface area (TPSA) is 58.2 Å². The molecule has 1 unspecified atom stereocenters. The monoisotopic (exact) mass is 293 g/mol. The fourth-order valence-corrected chi connectivity index (χ4v) is 3.28. The van der Waals surface area contributed by atoms with E-state index in [1.54, 1.807) is 0 Å². The number of hydrogen-bond acceptors (Lipinski definition) is 3. The molecule has 0 aromatic carbocycles. The maximum Gasteiger partial charge on any atom is 0.410 e. The molecule has 1 aliphatic rings. The number of aryl methyl sites for hydroxylation is 2. The van der Waals surface area contributed by atoms with Crippen molar-refractivity contribution >= 4 is 6.09 Å². The number of carbonyl (C=O) groups excluding carboxylic acids is 1. The van der Waals surface area contributed by atoms with Crippen LogP contribution in [0, 0.1) is 13.8 Å². The molecule has 2 heterocycles. The van der Waals surface area contributed by atoms with Crippen LogP contribution in [0.4, 0.5) is 4.79 Å². The van der Waals surface area contributed by atoms with E-state index in [4.69, 9.17) is 4.74 Å². The summed E-state index contributed by atoms with van der Waals surface area (Å²) in [4.78, 5) is 14.3. The van der Waals surface area contributed by atoms with Gasteiger partial charge in [0.25, 0.3) is 0 Å². The Hall–Kier alpha value is -1.52. The Morgan fingerprint density at radius 3 is 2.62 bits per heavy atom. The number of rotatable bonds is 2. The Morgan fingerprint density at radius 2 is 2.10 bits per heavy atom.